The van der Waals surface area contributed by atoms with Crippen molar-refractivity contribution >= 4 is 23.2 Å². The molecule has 0 bridgehead atoms. The number of benzene rings is 2. The van der Waals surface area contributed by atoms with E-state index in [4.69, 9.17) is 0 Å². The van der Waals surface area contributed by atoms with E-state index in [-0.39, 0.29) is 18.2 Å². The Morgan fingerprint density at radius 2 is 1.68 bits per heavy atom. The maximum absolute atomic E-state index is 12.6. The number of imide groups is 1. The fourth-order valence-electron chi connectivity index (χ4n) is 2.63. The molecule has 2 aromatic rings. The van der Waals surface area contributed by atoms with Gasteiger partial charge in [-0.3, -0.25) is 9.59 Å². The number of carbonyl (C=O) groups excluding carboxylic acids is 2. The summed E-state index contributed by atoms with van der Waals surface area (Å²) in [6.45, 7) is 3.95. The minimum atomic E-state index is -0.505. The van der Waals surface area contributed by atoms with Crippen molar-refractivity contribution in [3.05, 3.63) is 59.7 Å². The summed E-state index contributed by atoms with van der Waals surface area (Å²) in [5, 5.41) is 3.19. The normalized spacial score (nSPS) is 17.9. The molecule has 2 aromatic carbocycles. The summed E-state index contributed by atoms with van der Waals surface area (Å²) < 4.78 is 0. The fraction of sp³-hybridized carbons (Fsp3) is 0.222. The summed E-state index contributed by atoms with van der Waals surface area (Å²) in [6.07, 6.45) is 0.182. The Morgan fingerprint density at radius 3 is 2.36 bits per heavy atom. The zero-order valence-corrected chi connectivity index (χ0v) is 12.7. The van der Waals surface area contributed by atoms with Gasteiger partial charge in [0.05, 0.1) is 12.1 Å². The number of carbonyl (C=O) groups is 2. The first kappa shape index (κ1) is 14.3. The van der Waals surface area contributed by atoms with E-state index in [1.165, 1.54) is 4.90 Å². The molecule has 0 aliphatic carbocycles. The fourth-order valence-corrected chi connectivity index (χ4v) is 2.63. The zero-order chi connectivity index (χ0) is 15.7. The minimum absolute atomic E-state index is 0.167. The van der Waals surface area contributed by atoms with Crippen molar-refractivity contribution in [2.45, 2.75) is 26.3 Å². The number of hydrogen-bond acceptors (Lipinski definition) is 3. The van der Waals surface area contributed by atoms with E-state index in [2.05, 4.69) is 5.32 Å². The van der Waals surface area contributed by atoms with Crippen molar-refractivity contribution in [1.29, 1.82) is 0 Å². The molecule has 1 fully saturated rings. The lowest BCUT2D eigenvalue weighted by atomic mass is 10.1. The second kappa shape index (κ2) is 5.64. The number of para-hydroxylation sites is 1. The largest absolute Gasteiger partial charge is 0.373 e. The van der Waals surface area contributed by atoms with E-state index in [1.807, 2.05) is 50.2 Å². The van der Waals surface area contributed by atoms with Gasteiger partial charge in [0, 0.05) is 5.69 Å². The highest BCUT2D eigenvalue weighted by molar-refractivity contribution is 6.23. The van der Waals surface area contributed by atoms with Gasteiger partial charge in [-0.05, 0) is 37.6 Å². The molecule has 22 heavy (non-hydrogen) atoms. The van der Waals surface area contributed by atoms with Crippen molar-refractivity contribution in [1.82, 2.24) is 0 Å². The molecule has 112 valence electrons. The third-order valence-corrected chi connectivity index (χ3v) is 3.91. The number of anilines is 2. The molecule has 0 unspecified atom stereocenters. The number of rotatable bonds is 3. The number of nitrogens with one attached hydrogen (secondary N) is 1. The Bertz CT molecular complexity index is 722. The number of aryl methyl sites for hydroxylation is 2. The average Bonchev–Trinajstić information content (AvgIpc) is 2.77. The zero-order valence-electron chi connectivity index (χ0n) is 12.7. The van der Waals surface area contributed by atoms with Crippen LogP contribution in [0.1, 0.15) is 17.5 Å². The SMILES string of the molecule is Cc1ccc(N2C(=O)C[C@H](Nc3ccccc3C)C2=O)cc1. The van der Waals surface area contributed by atoms with Crippen molar-refractivity contribution in [2.75, 3.05) is 10.2 Å². The molecular formula is C18H18N2O2. The quantitative estimate of drug-likeness (QED) is 0.885. The van der Waals surface area contributed by atoms with Crippen molar-refractivity contribution in [3.8, 4) is 0 Å². The number of nitrogens with zero attached hydrogens (tertiary/aromatic N) is 1. The second-order valence-corrected chi connectivity index (χ2v) is 5.62. The van der Waals surface area contributed by atoms with Gasteiger partial charge in [0.1, 0.15) is 6.04 Å². The molecule has 1 aliphatic rings. The van der Waals surface area contributed by atoms with Crippen LogP contribution < -0.4 is 10.2 Å². The van der Waals surface area contributed by atoms with Crippen LogP contribution in [0.5, 0.6) is 0 Å². The highest BCUT2D eigenvalue weighted by Gasteiger charge is 2.39. The smallest absolute Gasteiger partial charge is 0.256 e. The van der Waals surface area contributed by atoms with Crippen molar-refractivity contribution in [2.24, 2.45) is 0 Å². The summed E-state index contributed by atoms with van der Waals surface area (Å²) in [7, 11) is 0. The Morgan fingerprint density at radius 1 is 1.00 bits per heavy atom. The number of hydrogen-bond donors (Lipinski definition) is 1. The Hall–Kier alpha value is -2.62. The molecular weight excluding hydrogens is 276 g/mol. The molecule has 4 heteroatoms. The van der Waals surface area contributed by atoms with Gasteiger partial charge in [-0.1, -0.05) is 35.9 Å². The molecule has 4 nitrogen and oxygen atoms in total. The molecule has 1 atom stereocenters. The molecule has 3 rings (SSSR count). The van der Waals surface area contributed by atoms with E-state index < -0.39 is 6.04 Å². The van der Waals surface area contributed by atoms with Crippen LogP contribution in [0.15, 0.2) is 48.5 Å². The Balaban J connectivity index is 1.82. The van der Waals surface area contributed by atoms with Gasteiger partial charge in [0.15, 0.2) is 0 Å². The van der Waals surface area contributed by atoms with Crippen LogP contribution in [0.3, 0.4) is 0 Å². The summed E-state index contributed by atoms with van der Waals surface area (Å²) in [5.74, 6) is -0.364. The van der Waals surface area contributed by atoms with Crippen LogP contribution >= 0.6 is 0 Å². The van der Waals surface area contributed by atoms with E-state index in [0.717, 1.165) is 16.8 Å². The van der Waals surface area contributed by atoms with E-state index >= 15 is 0 Å². The first-order chi connectivity index (χ1) is 10.6. The first-order valence-corrected chi connectivity index (χ1v) is 7.32. The summed E-state index contributed by atoms with van der Waals surface area (Å²) in [5.41, 5.74) is 3.67. The molecule has 0 aromatic heterocycles. The van der Waals surface area contributed by atoms with Gasteiger partial charge in [-0.2, -0.15) is 0 Å². The highest BCUT2D eigenvalue weighted by atomic mass is 16.2. The molecule has 0 saturated carbocycles. The predicted molar refractivity (Wildman–Crippen MR) is 86.9 cm³/mol. The van der Waals surface area contributed by atoms with Gasteiger partial charge in [-0.15, -0.1) is 0 Å². The lowest BCUT2D eigenvalue weighted by Gasteiger charge is -2.17. The van der Waals surface area contributed by atoms with Crippen molar-refractivity contribution < 1.29 is 9.59 Å². The van der Waals surface area contributed by atoms with Crippen LogP contribution in [0.2, 0.25) is 0 Å². The summed E-state index contributed by atoms with van der Waals surface area (Å²) in [6, 6.07) is 14.7. The molecule has 1 N–H and O–H groups in total. The predicted octanol–water partition coefficient (Wildman–Crippen LogP) is 3.05. The van der Waals surface area contributed by atoms with Crippen LogP contribution in [0.4, 0.5) is 11.4 Å². The van der Waals surface area contributed by atoms with Crippen molar-refractivity contribution in [3.63, 3.8) is 0 Å². The Kier molecular flexibility index (Phi) is 3.67. The van der Waals surface area contributed by atoms with Gasteiger partial charge in [0.2, 0.25) is 5.91 Å². The van der Waals surface area contributed by atoms with Crippen LogP contribution in [0, 0.1) is 13.8 Å². The monoisotopic (exact) mass is 294 g/mol. The van der Waals surface area contributed by atoms with Gasteiger partial charge in [-0.25, -0.2) is 4.90 Å². The molecule has 1 aliphatic heterocycles. The standard InChI is InChI=1S/C18H18N2O2/c1-12-7-9-14(10-8-12)20-17(21)11-16(18(20)22)19-15-6-4-3-5-13(15)2/h3-10,16,19H,11H2,1-2H3/t16-/m0/s1. The molecule has 1 heterocycles. The average molecular weight is 294 g/mol. The topological polar surface area (TPSA) is 49.4 Å². The van der Waals surface area contributed by atoms with Gasteiger partial charge >= 0.3 is 0 Å². The first-order valence-electron chi connectivity index (χ1n) is 7.32. The maximum Gasteiger partial charge on any atom is 0.256 e. The lowest BCUT2D eigenvalue weighted by Crippen LogP contribution is -2.34. The Labute approximate surface area is 129 Å². The molecule has 1 saturated heterocycles. The van der Waals surface area contributed by atoms with Gasteiger partial charge in [0.25, 0.3) is 5.91 Å². The maximum atomic E-state index is 12.6. The molecule has 2 amide bonds. The third kappa shape index (κ3) is 2.60. The molecule has 0 radical (unpaired) electrons. The lowest BCUT2D eigenvalue weighted by molar-refractivity contribution is -0.121. The van der Waals surface area contributed by atoms with Crippen LogP contribution in [-0.4, -0.2) is 17.9 Å². The summed E-state index contributed by atoms with van der Waals surface area (Å²) in [4.78, 5) is 26.1. The second-order valence-electron chi connectivity index (χ2n) is 5.62. The highest BCUT2D eigenvalue weighted by Crippen LogP contribution is 2.26. The van der Waals surface area contributed by atoms with Crippen LogP contribution in [0.25, 0.3) is 0 Å². The minimum Gasteiger partial charge on any atom is -0.373 e. The van der Waals surface area contributed by atoms with E-state index in [9.17, 15) is 9.59 Å². The molecule has 0 spiro atoms. The van der Waals surface area contributed by atoms with Gasteiger partial charge < -0.3 is 5.32 Å². The van der Waals surface area contributed by atoms with E-state index in [1.54, 1.807) is 12.1 Å². The third-order valence-electron chi connectivity index (χ3n) is 3.91. The van der Waals surface area contributed by atoms with Crippen LogP contribution in [-0.2, 0) is 9.59 Å². The van der Waals surface area contributed by atoms with E-state index in [0.29, 0.717) is 5.69 Å². The summed E-state index contributed by atoms with van der Waals surface area (Å²) >= 11 is 0. The number of amides is 2.